The van der Waals surface area contributed by atoms with Gasteiger partial charge in [-0.1, -0.05) is 103 Å². The monoisotopic (exact) mass is 361 g/mol. The van der Waals surface area contributed by atoms with Crippen LogP contribution in [0.5, 0.6) is 0 Å². The molecular weight excluding hydrogens is 314 g/mol. The van der Waals surface area contributed by atoms with Crippen LogP contribution in [0.15, 0.2) is 0 Å². The maximum Gasteiger partial charge on any atom is 0.00965 e. The van der Waals surface area contributed by atoms with Gasteiger partial charge in [0.25, 0.3) is 0 Å². The highest BCUT2D eigenvalue weighted by atomic mass is 35.5. The Labute approximate surface area is 160 Å². The first-order valence-corrected chi connectivity index (χ1v) is 10.8. The van der Waals surface area contributed by atoms with Gasteiger partial charge in [0.1, 0.15) is 0 Å². The van der Waals surface area contributed by atoms with Crippen molar-refractivity contribution in [1.29, 1.82) is 0 Å². The van der Waals surface area contributed by atoms with Crippen molar-refractivity contribution in [2.45, 2.75) is 136 Å². The summed E-state index contributed by atoms with van der Waals surface area (Å²) < 4.78 is 0. The van der Waals surface area contributed by atoms with E-state index < -0.39 is 0 Å². The van der Waals surface area contributed by atoms with E-state index in [2.05, 4.69) is 33.0 Å². The van der Waals surface area contributed by atoms with Crippen LogP contribution in [-0.4, -0.2) is 12.1 Å². The Kier molecular flexibility index (Phi) is 21.6. The normalized spacial score (nSPS) is 11.5. The Morgan fingerprint density at radius 2 is 0.792 bits per heavy atom. The standard InChI is InChI=1S/C22H47N.ClH/c1-5-6-7-8-9-10-11-12-13-14-15-16-17-18-19-20-21-23-22(2,3)4;/h23H,5-21H2,1-4H3;1H. The molecule has 0 bridgehead atoms. The van der Waals surface area contributed by atoms with Crippen LogP contribution in [-0.2, 0) is 0 Å². The summed E-state index contributed by atoms with van der Waals surface area (Å²) in [5.41, 5.74) is 0.287. The smallest absolute Gasteiger partial charge is 0.00965 e. The van der Waals surface area contributed by atoms with Gasteiger partial charge in [0.2, 0.25) is 0 Å². The first kappa shape index (κ1) is 26.5. The molecule has 0 aliphatic heterocycles. The van der Waals surface area contributed by atoms with Gasteiger partial charge in [-0.05, 0) is 33.7 Å². The number of hydrogen-bond donors (Lipinski definition) is 1. The molecule has 1 N–H and O–H groups in total. The average Bonchev–Trinajstić information content (AvgIpc) is 2.49. The second-order valence-corrected chi connectivity index (χ2v) is 8.48. The highest BCUT2D eigenvalue weighted by Crippen LogP contribution is 2.13. The molecule has 0 saturated heterocycles. The van der Waals surface area contributed by atoms with Crippen LogP contribution in [0.4, 0.5) is 0 Å². The SMILES string of the molecule is CCCCCCCCCCCCCCCCCCNC(C)(C)C.Cl. The number of hydrogen-bond acceptors (Lipinski definition) is 1. The second-order valence-electron chi connectivity index (χ2n) is 8.48. The summed E-state index contributed by atoms with van der Waals surface area (Å²) in [6.45, 7) is 10.2. The molecule has 2 heteroatoms. The van der Waals surface area contributed by atoms with E-state index in [1.807, 2.05) is 0 Å². The van der Waals surface area contributed by atoms with Crippen molar-refractivity contribution in [3.63, 3.8) is 0 Å². The molecule has 0 atom stereocenters. The van der Waals surface area contributed by atoms with Crippen molar-refractivity contribution in [3.8, 4) is 0 Å². The summed E-state index contributed by atoms with van der Waals surface area (Å²) in [6.07, 6.45) is 23.2. The molecule has 0 aromatic heterocycles. The van der Waals surface area contributed by atoms with Crippen LogP contribution in [0.2, 0.25) is 0 Å². The molecule has 1 nitrogen and oxygen atoms in total. The third-order valence-corrected chi connectivity index (χ3v) is 4.69. The average molecular weight is 362 g/mol. The molecular formula is C22H48ClN. The zero-order valence-corrected chi connectivity index (χ0v) is 18.2. The molecule has 0 aromatic rings. The molecule has 0 unspecified atom stereocenters. The number of rotatable bonds is 17. The summed E-state index contributed by atoms with van der Waals surface area (Å²) in [7, 11) is 0. The third kappa shape index (κ3) is 24.5. The second kappa shape index (κ2) is 19.6. The first-order valence-electron chi connectivity index (χ1n) is 10.8. The molecule has 0 heterocycles. The predicted molar refractivity (Wildman–Crippen MR) is 115 cm³/mol. The molecule has 0 aliphatic carbocycles. The Morgan fingerprint density at radius 3 is 1.08 bits per heavy atom. The minimum Gasteiger partial charge on any atom is -0.312 e. The molecule has 0 fully saturated rings. The minimum atomic E-state index is 0. The number of halogens is 1. The molecule has 0 amide bonds. The van der Waals surface area contributed by atoms with Crippen LogP contribution < -0.4 is 5.32 Å². The van der Waals surface area contributed by atoms with Gasteiger partial charge in [-0.3, -0.25) is 0 Å². The van der Waals surface area contributed by atoms with Crippen LogP contribution in [0.3, 0.4) is 0 Å². The van der Waals surface area contributed by atoms with E-state index in [-0.39, 0.29) is 17.9 Å². The van der Waals surface area contributed by atoms with Gasteiger partial charge >= 0.3 is 0 Å². The van der Waals surface area contributed by atoms with Gasteiger partial charge in [0.05, 0.1) is 0 Å². The molecule has 0 spiro atoms. The Bertz CT molecular complexity index is 223. The number of unbranched alkanes of at least 4 members (excludes halogenated alkanes) is 15. The van der Waals surface area contributed by atoms with Crippen molar-refractivity contribution in [2.24, 2.45) is 0 Å². The summed E-state index contributed by atoms with van der Waals surface area (Å²) >= 11 is 0. The van der Waals surface area contributed by atoms with E-state index in [1.165, 1.54) is 109 Å². The first-order chi connectivity index (χ1) is 11.1. The number of nitrogens with one attached hydrogen (secondary N) is 1. The van der Waals surface area contributed by atoms with Gasteiger partial charge in [-0.15, -0.1) is 12.4 Å². The summed E-state index contributed by atoms with van der Waals surface area (Å²) in [5, 5.41) is 3.57. The lowest BCUT2D eigenvalue weighted by atomic mass is 10.0. The molecule has 0 rings (SSSR count). The molecule has 0 aromatic carbocycles. The Hall–Kier alpha value is 0.250. The van der Waals surface area contributed by atoms with Crippen molar-refractivity contribution in [2.75, 3.05) is 6.54 Å². The molecule has 0 aliphatic rings. The van der Waals surface area contributed by atoms with E-state index in [4.69, 9.17) is 0 Å². The van der Waals surface area contributed by atoms with Crippen molar-refractivity contribution in [1.82, 2.24) is 5.32 Å². The summed E-state index contributed by atoms with van der Waals surface area (Å²) in [5.74, 6) is 0. The fourth-order valence-electron chi connectivity index (χ4n) is 3.14. The lowest BCUT2D eigenvalue weighted by Crippen LogP contribution is -2.36. The van der Waals surface area contributed by atoms with Crippen LogP contribution in [0, 0.1) is 0 Å². The predicted octanol–water partition coefficient (Wildman–Crippen LogP) is 8.06. The topological polar surface area (TPSA) is 12.0 Å². The van der Waals surface area contributed by atoms with Gasteiger partial charge in [-0.25, -0.2) is 0 Å². The zero-order chi connectivity index (χ0) is 17.2. The van der Waals surface area contributed by atoms with Crippen molar-refractivity contribution < 1.29 is 0 Å². The van der Waals surface area contributed by atoms with E-state index in [9.17, 15) is 0 Å². The third-order valence-electron chi connectivity index (χ3n) is 4.69. The van der Waals surface area contributed by atoms with E-state index >= 15 is 0 Å². The Morgan fingerprint density at radius 1 is 0.500 bits per heavy atom. The van der Waals surface area contributed by atoms with E-state index in [1.54, 1.807) is 0 Å². The van der Waals surface area contributed by atoms with Crippen molar-refractivity contribution in [3.05, 3.63) is 0 Å². The van der Waals surface area contributed by atoms with E-state index in [0.717, 1.165) is 0 Å². The van der Waals surface area contributed by atoms with E-state index in [0.29, 0.717) is 0 Å². The molecule has 24 heavy (non-hydrogen) atoms. The summed E-state index contributed by atoms with van der Waals surface area (Å²) in [4.78, 5) is 0. The maximum atomic E-state index is 3.57. The molecule has 0 saturated carbocycles. The van der Waals surface area contributed by atoms with Gasteiger partial charge in [0.15, 0.2) is 0 Å². The summed E-state index contributed by atoms with van der Waals surface area (Å²) in [6, 6.07) is 0. The largest absolute Gasteiger partial charge is 0.312 e. The van der Waals surface area contributed by atoms with Gasteiger partial charge < -0.3 is 5.32 Å². The lowest BCUT2D eigenvalue weighted by Gasteiger charge is -2.20. The van der Waals surface area contributed by atoms with Crippen LogP contribution >= 0.6 is 12.4 Å². The van der Waals surface area contributed by atoms with Crippen LogP contribution in [0.25, 0.3) is 0 Å². The fraction of sp³-hybridized carbons (Fsp3) is 1.00. The van der Waals surface area contributed by atoms with Gasteiger partial charge in [0, 0.05) is 5.54 Å². The molecule has 0 radical (unpaired) electrons. The lowest BCUT2D eigenvalue weighted by molar-refractivity contribution is 0.415. The molecule has 148 valence electrons. The zero-order valence-electron chi connectivity index (χ0n) is 17.4. The van der Waals surface area contributed by atoms with Crippen LogP contribution in [0.1, 0.15) is 130 Å². The Balaban J connectivity index is 0. The fourth-order valence-corrected chi connectivity index (χ4v) is 3.14. The maximum absolute atomic E-state index is 3.57. The van der Waals surface area contributed by atoms with Crippen molar-refractivity contribution >= 4 is 12.4 Å². The van der Waals surface area contributed by atoms with Gasteiger partial charge in [-0.2, -0.15) is 0 Å². The highest BCUT2D eigenvalue weighted by molar-refractivity contribution is 5.85. The quantitative estimate of drug-likeness (QED) is 0.258. The minimum absolute atomic E-state index is 0. The highest BCUT2D eigenvalue weighted by Gasteiger charge is 2.06.